The zero-order valence-electron chi connectivity index (χ0n) is 9.88. The van der Waals surface area contributed by atoms with Crippen LogP contribution in [0.25, 0.3) is 0 Å². The molecule has 0 aliphatic heterocycles. The highest BCUT2D eigenvalue weighted by atomic mass is 32.2. The Bertz CT molecular complexity index is 323. The molecule has 2 unspecified atom stereocenters. The van der Waals surface area contributed by atoms with E-state index in [4.69, 9.17) is 4.74 Å². The van der Waals surface area contributed by atoms with Crippen molar-refractivity contribution in [3.8, 4) is 5.88 Å². The van der Waals surface area contributed by atoms with Crippen molar-refractivity contribution in [2.45, 2.75) is 31.6 Å². The predicted octanol–water partition coefficient (Wildman–Crippen LogP) is 2.05. The molecule has 16 heavy (non-hydrogen) atoms. The molecule has 1 aromatic heterocycles. The van der Waals surface area contributed by atoms with Gasteiger partial charge < -0.3 is 9.84 Å². The number of aliphatic hydroxyl groups is 1. The van der Waals surface area contributed by atoms with E-state index in [-0.39, 0.29) is 0 Å². The number of rotatable bonds is 6. The highest BCUT2D eigenvalue weighted by Crippen LogP contribution is 2.25. The van der Waals surface area contributed by atoms with Crippen LogP contribution in [-0.2, 0) is 0 Å². The molecule has 0 bridgehead atoms. The summed E-state index contributed by atoms with van der Waals surface area (Å²) >= 11 is 1.73. The van der Waals surface area contributed by atoms with E-state index in [9.17, 15) is 5.11 Å². The molecule has 0 fully saturated rings. The van der Waals surface area contributed by atoms with E-state index in [0.717, 1.165) is 6.42 Å². The quantitative estimate of drug-likeness (QED) is 0.827. The third-order valence-corrected chi connectivity index (χ3v) is 3.72. The molecule has 0 saturated carbocycles. The lowest BCUT2D eigenvalue weighted by molar-refractivity contribution is 0.192. The summed E-state index contributed by atoms with van der Waals surface area (Å²) in [6.07, 6.45) is 3.59. The molecule has 4 nitrogen and oxygen atoms in total. The lowest BCUT2D eigenvalue weighted by Crippen LogP contribution is -2.09. The summed E-state index contributed by atoms with van der Waals surface area (Å²) in [6, 6.07) is 0. The van der Waals surface area contributed by atoms with Gasteiger partial charge in [-0.15, -0.1) is 0 Å². The lowest BCUT2D eigenvalue weighted by atomic mass is 10.3. The molecule has 0 radical (unpaired) electrons. The standard InChI is InChI=1S/C11H18N2O2S/c1-4-8(2)16-7-9(14)10-11(15-3)13-6-5-12-10/h5-6,8-9,14H,4,7H2,1-3H3. The Labute approximate surface area is 100 Å². The highest BCUT2D eigenvalue weighted by molar-refractivity contribution is 7.99. The summed E-state index contributed by atoms with van der Waals surface area (Å²) in [4.78, 5) is 8.11. The van der Waals surface area contributed by atoms with E-state index in [1.807, 2.05) is 0 Å². The van der Waals surface area contributed by atoms with Gasteiger partial charge in [-0.25, -0.2) is 4.98 Å². The SMILES string of the molecule is CCC(C)SCC(O)c1nccnc1OC. The van der Waals surface area contributed by atoms with Crippen LogP contribution in [0.4, 0.5) is 0 Å². The zero-order chi connectivity index (χ0) is 12.0. The molecule has 1 heterocycles. The van der Waals surface area contributed by atoms with E-state index in [1.165, 1.54) is 7.11 Å². The smallest absolute Gasteiger partial charge is 0.238 e. The second kappa shape index (κ2) is 6.70. The van der Waals surface area contributed by atoms with Crippen molar-refractivity contribution in [2.24, 2.45) is 0 Å². The van der Waals surface area contributed by atoms with Gasteiger partial charge in [-0.05, 0) is 6.42 Å². The van der Waals surface area contributed by atoms with Crippen LogP contribution in [0.3, 0.4) is 0 Å². The van der Waals surface area contributed by atoms with E-state index in [2.05, 4.69) is 23.8 Å². The van der Waals surface area contributed by atoms with Crippen LogP contribution >= 0.6 is 11.8 Å². The fourth-order valence-corrected chi connectivity index (χ4v) is 2.08. The van der Waals surface area contributed by atoms with Crippen LogP contribution in [0, 0.1) is 0 Å². The molecular formula is C11H18N2O2S. The van der Waals surface area contributed by atoms with Crippen LogP contribution in [0.1, 0.15) is 32.1 Å². The van der Waals surface area contributed by atoms with Gasteiger partial charge in [0.15, 0.2) is 0 Å². The molecule has 1 rings (SSSR count). The Morgan fingerprint density at radius 3 is 2.75 bits per heavy atom. The van der Waals surface area contributed by atoms with Crippen molar-refractivity contribution < 1.29 is 9.84 Å². The van der Waals surface area contributed by atoms with Crippen molar-refractivity contribution in [3.63, 3.8) is 0 Å². The Balaban J connectivity index is 2.61. The maximum absolute atomic E-state index is 9.97. The van der Waals surface area contributed by atoms with Crippen LogP contribution in [0.15, 0.2) is 12.4 Å². The van der Waals surface area contributed by atoms with Crippen molar-refractivity contribution in [1.29, 1.82) is 0 Å². The summed E-state index contributed by atoms with van der Waals surface area (Å²) in [5.74, 6) is 1.02. The van der Waals surface area contributed by atoms with Crippen LogP contribution in [0.5, 0.6) is 5.88 Å². The average Bonchev–Trinajstić information content (AvgIpc) is 2.35. The lowest BCUT2D eigenvalue weighted by Gasteiger charge is -2.14. The fraction of sp³-hybridized carbons (Fsp3) is 0.636. The minimum absolute atomic E-state index is 0.403. The van der Waals surface area contributed by atoms with Gasteiger partial charge in [0.25, 0.3) is 0 Å². The van der Waals surface area contributed by atoms with Crippen LogP contribution in [-0.4, -0.2) is 33.2 Å². The maximum Gasteiger partial charge on any atom is 0.238 e. The van der Waals surface area contributed by atoms with Gasteiger partial charge in [-0.3, -0.25) is 4.98 Å². The summed E-state index contributed by atoms with van der Waals surface area (Å²) in [5.41, 5.74) is 0.515. The molecule has 5 heteroatoms. The molecule has 0 spiro atoms. The first-order valence-corrected chi connectivity index (χ1v) is 6.38. The number of hydrogen-bond donors (Lipinski definition) is 1. The highest BCUT2D eigenvalue weighted by Gasteiger charge is 2.16. The topological polar surface area (TPSA) is 55.2 Å². The van der Waals surface area contributed by atoms with E-state index >= 15 is 0 Å². The van der Waals surface area contributed by atoms with Gasteiger partial charge in [0.2, 0.25) is 5.88 Å². The molecular weight excluding hydrogens is 224 g/mol. The van der Waals surface area contributed by atoms with Gasteiger partial charge in [0.05, 0.1) is 7.11 Å². The second-order valence-corrected chi connectivity index (χ2v) is 4.99. The summed E-state index contributed by atoms with van der Waals surface area (Å²) in [7, 11) is 1.53. The fourth-order valence-electron chi connectivity index (χ4n) is 1.17. The average molecular weight is 242 g/mol. The van der Waals surface area contributed by atoms with Crippen molar-refractivity contribution >= 4 is 11.8 Å². The first kappa shape index (κ1) is 13.3. The monoisotopic (exact) mass is 242 g/mol. The first-order chi connectivity index (χ1) is 7.69. The maximum atomic E-state index is 9.97. The Morgan fingerprint density at radius 2 is 2.12 bits per heavy atom. The van der Waals surface area contributed by atoms with E-state index in [1.54, 1.807) is 24.2 Å². The third kappa shape index (κ3) is 3.64. The number of thioether (sulfide) groups is 1. The minimum Gasteiger partial charge on any atom is -0.480 e. The van der Waals surface area contributed by atoms with Crippen LogP contribution in [0.2, 0.25) is 0 Å². The van der Waals surface area contributed by atoms with Crippen LogP contribution < -0.4 is 4.74 Å². The van der Waals surface area contributed by atoms with Crippen molar-refractivity contribution in [2.75, 3.05) is 12.9 Å². The number of aliphatic hydroxyl groups excluding tert-OH is 1. The first-order valence-electron chi connectivity index (χ1n) is 5.33. The Morgan fingerprint density at radius 1 is 1.44 bits per heavy atom. The van der Waals surface area contributed by atoms with Gasteiger partial charge >= 0.3 is 0 Å². The number of methoxy groups -OCH3 is 1. The summed E-state index contributed by atoms with van der Waals surface area (Å²) in [5, 5.41) is 10.5. The summed E-state index contributed by atoms with van der Waals surface area (Å²) < 4.78 is 5.06. The number of hydrogen-bond acceptors (Lipinski definition) is 5. The predicted molar refractivity (Wildman–Crippen MR) is 65.8 cm³/mol. The van der Waals surface area contributed by atoms with Crippen molar-refractivity contribution in [3.05, 3.63) is 18.1 Å². The Hall–Kier alpha value is -0.810. The molecule has 90 valence electrons. The third-order valence-electron chi connectivity index (χ3n) is 2.31. The van der Waals surface area contributed by atoms with Gasteiger partial charge in [-0.1, -0.05) is 13.8 Å². The van der Waals surface area contributed by atoms with Gasteiger partial charge in [0.1, 0.15) is 11.8 Å². The number of aromatic nitrogens is 2. The zero-order valence-corrected chi connectivity index (χ0v) is 10.7. The molecule has 0 amide bonds. The van der Waals surface area contributed by atoms with Gasteiger partial charge in [-0.2, -0.15) is 11.8 Å². The number of ether oxygens (including phenoxy) is 1. The van der Waals surface area contributed by atoms with Crippen molar-refractivity contribution in [1.82, 2.24) is 9.97 Å². The Kier molecular flexibility index (Phi) is 5.55. The molecule has 0 aromatic carbocycles. The van der Waals surface area contributed by atoms with E-state index in [0.29, 0.717) is 22.6 Å². The normalized spacial score (nSPS) is 14.5. The number of nitrogens with zero attached hydrogens (tertiary/aromatic N) is 2. The van der Waals surface area contributed by atoms with Gasteiger partial charge in [0, 0.05) is 23.4 Å². The minimum atomic E-state index is -0.623. The molecule has 1 aromatic rings. The largest absolute Gasteiger partial charge is 0.480 e. The molecule has 0 aliphatic carbocycles. The second-order valence-electron chi connectivity index (χ2n) is 3.52. The summed E-state index contributed by atoms with van der Waals surface area (Å²) in [6.45, 7) is 4.28. The molecule has 2 atom stereocenters. The van der Waals surface area contributed by atoms with E-state index < -0.39 is 6.10 Å². The molecule has 0 aliphatic rings. The molecule has 1 N–H and O–H groups in total. The molecule has 0 saturated heterocycles.